The van der Waals surface area contributed by atoms with Crippen molar-refractivity contribution in [3.8, 4) is 5.75 Å². The third kappa shape index (κ3) is 3.07. The number of rotatable bonds is 4. The van der Waals surface area contributed by atoms with Gasteiger partial charge in [-0.05, 0) is 44.4 Å². The monoisotopic (exact) mass is 210 g/mol. The Balaban J connectivity index is 2.64. The van der Waals surface area contributed by atoms with Crippen molar-refractivity contribution >= 4 is 17.5 Å². The smallest absolute Gasteiger partial charge is 0.169 e. The molecule has 0 aliphatic rings. The molecule has 0 spiro atoms. The molecular formula is C11H14O2S. The van der Waals surface area contributed by atoms with Crippen LogP contribution in [0.3, 0.4) is 0 Å². The first kappa shape index (κ1) is 11.1. The first-order chi connectivity index (χ1) is 6.63. The molecule has 0 bridgehead atoms. The van der Waals surface area contributed by atoms with Gasteiger partial charge in [0.05, 0.1) is 0 Å². The van der Waals surface area contributed by atoms with E-state index in [1.807, 2.05) is 30.5 Å². The van der Waals surface area contributed by atoms with Crippen molar-refractivity contribution in [2.45, 2.75) is 24.8 Å². The van der Waals surface area contributed by atoms with Gasteiger partial charge in [0.1, 0.15) is 5.75 Å². The highest BCUT2D eigenvalue weighted by atomic mass is 32.2. The molecule has 14 heavy (non-hydrogen) atoms. The second-order valence-corrected chi connectivity index (χ2v) is 3.93. The van der Waals surface area contributed by atoms with Crippen LogP contribution >= 0.6 is 11.8 Å². The minimum Gasteiger partial charge on any atom is -0.483 e. The number of ketones is 1. The zero-order valence-corrected chi connectivity index (χ0v) is 9.43. The number of hydrogen-bond donors (Lipinski definition) is 0. The zero-order valence-electron chi connectivity index (χ0n) is 8.61. The number of carbonyl (C=O) groups is 1. The highest BCUT2D eigenvalue weighted by molar-refractivity contribution is 7.98. The molecule has 1 unspecified atom stereocenters. The largest absolute Gasteiger partial charge is 0.483 e. The van der Waals surface area contributed by atoms with Gasteiger partial charge in [-0.15, -0.1) is 11.8 Å². The van der Waals surface area contributed by atoms with Crippen LogP contribution in [0.25, 0.3) is 0 Å². The SMILES string of the molecule is CSc1ccc(OC(C)C(C)=O)cc1. The first-order valence-electron chi connectivity index (χ1n) is 4.44. The van der Waals surface area contributed by atoms with Crippen LogP contribution in [0.15, 0.2) is 29.2 Å². The fourth-order valence-corrected chi connectivity index (χ4v) is 1.35. The third-order valence-electron chi connectivity index (χ3n) is 1.94. The molecule has 0 saturated heterocycles. The highest BCUT2D eigenvalue weighted by Crippen LogP contribution is 2.19. The Hall–Kier alpha value is -0.960. The molecule has 0 amide bonds. The van der Waals surface area contributed by atoms with Crippen LogP contribution in [0.4, 0.5) is 0 Å². The van der Waals surface area contributed by atoms with Gasteiger partial charge in [-0.2, -0.15) is 0 Å². The number of carbonyl (C=O) groups excluding carboxylic acids is 1. The lowest BCUT2D eigenvalue weighted by atomic mass is 10.3. The van der Waals surface area contributed by atoms with Crippen LogP contribution in [0.5, 0.6) is 5.75 Å². The number of hydrogen-bond acceptors (Lipinski definition) is 3. The minimum absolute atomic E-state index is 0.0407. The quantitative estimate of drug-likeness (QED) is 0.715. The van der Waals surface area contributed by atoms with Crippen LogP contribution < -0.4 is 4.74 Å². The second kappa shape index (κ2) is 5.05. The molecule has 0 saturated carbocycles. The molecule has 0 aromatic heterocycles. The third-order valence-corrected chi connectivity index (χ3v) is 2.69. The summed E-state index contributed by atoms with van der Waals surface area (Å²) in [6, 6.07) is 7.72. The van der Waals surface area contributed by atoms with Crippen molar-refractivity contribution < 1.29 is 9.53 Å². The van der Waals surface area contributed by atoms with Crippen LogP contribution in [-0.4, -0.2) is 18.1 Å². The summed E-state index contributed by atoms with van der Waals surface area (Å²) >= 11 is 1.68. The summed E-state index contributed by atoms with van der Waals surface area (Å²) < 4.78 is 5.42. The molecule has 0 radical (unpaired) electrons. The average Bonchev–Trinajstić information content (AvgIpc) is 2.19. The maximum Gasteiger partial charge on any atom is 0.169 e. The first-order valence-corrected chi connectivity index (χ1v) is 5.67. The van der Waals surface area contributed by atoms with E-state index < -0.39 is 0 Å². The summed E-state index contributed by atoms with van der Waals surface area (Å²) in [6.45, 7) is 3.28. The number of ether oxygens (including phenoxy) is 1. The summed E-state index contributed by atoms with van der Waals surface area (Å²) in [7, 11) is 0. The van der Waals surface area contributed by atoms with Crippen molar-refractivity contribution in [3.63, 3.8) is 0 Å². The van der Waals surface area contributed by atoms with Gasteiger partial charge >= 0.3 is 0 Å². The average molecular weight is 210 g/mol. The molecule has 1 aromatic carbocycles. The van der Waals surface area contributed by atoms with Crippen molar-refractivity contribution in [2.24, 2.45) is 0 Å². The van der Waals surface area contributed by atoms with Crippen LogP contribution in [0.2, 0.25) is 0 Å². The Morgan fingerprint density at radius 2 is 1.93 bits per heavy atom. The van der Waals surface area contributed by atoms with E-state index in [4.69, 9.17) is 4.74 Å². The van der Waals surface area contributed by atoms with E-state index >= 15 is 0 Å². The molecule has 0 aliphatic heterocycles. The molecule has 0 N–H and O–H groups in total. The van der Waals surface area contributed by atoms with E-state index in [9.17, 15) is 4.79 Å². The van der Waals surface area contributed by atoms with Gasteiger partial charge < -0.3 is 4.74 Å². The summed E-state index contributed by atoms with van der Waals surface area (Å²) in [5.74, 6) is 0.782. The van der Waals surface area contributed by atoms with E-state index in [1.54, 1.807) is 18.7 Å². The van der Waals surface area contributed by atoms with E-state index in [-0.39, 0.29) is 11.9 Å². The predicted octanol–water partition coefficient (Wildman–Crippen LogP) is 2.76. The lowest BCUT2D eigenvalue weighted by molar-refractivity contribution is -0.122. The predicted molar refractivity (Wildman–Crippen MR) is 59.0 cm³/mol. The van der Waals surface area contributed by atoms with E-state index in [0.29, 0.717) is 0 Å². The van der Waals surface area contributed by atoms with Crippen molar-refractivity contribution in [1.82, 2.24) is 0 Å². The van der Waals surface area contributed by atoms with Gasteiger partial charge in [0, 0.05) is 4.90 Å². The topological polar surface area (TPSA) is 26.3 Å². The summed E-state index contributed by atoms with van der Waals surface area (Å²) in [5.41, 5.74) is 0. The van der Waals surface area contributed by atoms with Gasteiger partial charge in [-0.3, -0.25) is 4.79 Å². The lowest BCUT2D eigenvalue weighted by Gasteiger charge is -2.11. The summed E-state index contributed by atoms with van der Waals surface area (Å²) in [5, 5.41) is 0. The van der Waals surface area contributed by atoms with Gasteiger partial charge in [0.25, 0.3) is 0 Å². The Morgan fingerprint density at radius 3 is 2.36 bits per heavy atom. The maximum absolute atomic E-state index is 10.9. The Bertz CT molecular complexity index is 306. The molecule has 76 valence electrons. The fourth-order valence-electron chi connectivity index (χ4n) is 0.941. The zero-order chi connectivity index (χ0) is 10.6. The van der Waals surface area contributed by atoms with Crippen molar-refractivity contribution in [3.05, 3.63) is 24.3 Å². The molecule has 2 nitrogen and oxygen atoms in total. The number of Topliss-reactive ketones (excluding diaryl/α,β-unsaturated/α-hetero) is 1. The molecule has 0 aliphatic carbocycles. The molecular weight excluding hydrogens is 196 g/mol. The molecule has 0 fully saturated rings. The van der Waals surface area contributed by atoms with Gasteiger partial charge in [0.15, 0.2) is 11.9 Å². The van der Waals surface area contributed by atoms with Crippen LogP contribution in [0, 0.1) is 0 Å². The maximum atomic E-state index is 10.9. The fraction of sp³-hybridized carbons (Fsp3) is 0.364. The lowest BCUT2D eigenvalue weighted by Crippen LogP contribution is -2.20. The molecule has 1 rings (SSSR count). The van der Waals surface area contributed by atoms with Crippen LogP contribution in [-0.2, 0) is 4.79 Å². The van der Waals surface area contributed by atoms with Gasteiger partial charge in [-0.25, -0.2) is 0 Å². The summed E-state index contributed by atoms with van der Waals surface area (Å²) in [4.78, 5) is 12.1. The molecule has 0 heterocycles. The molecule has 1 atom stereocenters. The van der Waals surface area contributed by atoms with E-state index in [2.05, 4.69) is 0 Å². The highest BCUT2D eigenvalue weighted by Gasteiger charge is 2.08. The normalized spacial score (nSPS) is 12.2. The number of benzene rings is 1. The van der Waals surface area contributed by atoms with E-state index in [0.717, 1.165) is 5.75 Å². The van der Waals surface area contributed by atoms with Gasteiger partial charge in [0.2, 0.25) is 0 Å². The van der Waals surface area contributed by atoms with E-state index in [1.165, 1.54) is 11.8 Å². The Labute approximate surface area is 88.7 Å². The van der Waals surface area contributed by atoms with Gasteiger partial charge in [-0.1, -0.05) is 0 Å². The standard InChI is InChI=1S/C11H14O2S/c1-8(12)9(2)13-10-4-6-11(14-3)7-5-10/h4-7,9H,1-3H3. The Morgan fingerprint density at radius 1 is 1.36 bits per heavy atom. The minimum atomic E-state index is -0.366. The van der Waals surface area contributed by atoms with Crippen molar-refractivity contribution in [2.75, 3.05) is 6.26 Å². The Kier molecular flexibility index (Phi) is 4.01. The number of thioether (sulfide) groups is 1. The van der Waals surface area contributed by atoms with Crippen molar-refractivity contribution in [1.29, 1.82) is 0 Å². The molecule has 3 heteroatoms. The summed E-state index contributed by atoms with van der Waals surface area (Å²) in [6.07, 6.45) is 1.66. The van der Waals surface area contributed by atoms with Crippen LogP contribution in [0.1, 0.15) is 13.8 Å². The molecule has 1 aromatic rings. The second-order valence-electron chi connectivity index (χ2n) is 3.05.